The van der Waals surface area contributed by atoms with Gasteiger partial charge in [0, 0.05) is 20.0 Å². The Hall–Kier alpha value is -3.63. The standard InChI is InChI=1S/C21H27N7O4/c1-21(2,3)32-20(31)24-14-11-27(4)15-7-5-6-12-8-16(28(17(12)15)19(14)30)18(29)22-9-13-10-23-26-25-13/h5-7,10,14,16H,8-9,11H2,1-4H3,(H,22,29)(H,24,31)(H,23,25,26)/t14-,16+/m0/s1. The van der Waals surface area contributed by atoms with E-state index in [2.05, 4.69) is 26.0 Å². The van der Waals surface area contributed by atoms with Gasteiger partial charge in [0.1, 0.15) is 23.4 Å². The molecule has 3 heterocycles. The molecular weight excluding hydrogens is 414 g/mol. The molecule has 2 aliphatic heterocycles. The average molecular weight is 441 g/mol. The zero-order chi connectivity index (χ0) is 23.0. The normalized spacial score (nSPS) is 19.9. The lowest BCUT2D eigenvalue weighted by Gasteiger charge is -2.28. The molecule has 3 N–H and O–H groups in total. The summed E-state index contributed by atoms with van der Waals surface area (Å²) in [7, 11) is 1.86. The number of anilines is 2. The number of ether oxygens (including phenoxy) is 1. The lowest BCUT2D eigenvalue weighted by Crippen LogP contribution is -2.56. The number of amides is 3. The smallest absolute Gasteiger partial charge is 0.408 e. The highest BCUT2D eigenvalue weighted by Gasteiger charge is 2.45. The minimum atomic E-state index is -0.876. The first-order valence-electron chi connectivity index (χ1n) is 10.4. The van der Waals surface area contributed by atoms with E-state index in [1.165, 1.54) is 11.1 Å². The van der Waals surface area contributed by atoms with Crippen LogP contribution in [0.15, 0.2) is 24.4 Å². The quantitative estimate of drug-likeness (QED) is 0.637. The Labute approximate surface area is 185 Å². The van der Waals surface area contributed by atoms with E-state index in [0.29, 0.717) is 17.8 Å². The molecule has 1 aromatic carbocycles. The summed E-state index contributed by atoms with van der Waals surface area (Å²) in [5.74, 6) is -0.655. The van der Waals surface area contributed by atoms with E-state index in [0.717, 1.165) is 11.3 Å². The number of aromatic amines is 1. The fourth-order valence-corrected chi connectivity index (χ4v) is 4.04. The Kier molecular flexibility index (Phi) is 5.49. The van der Waals surface area contributed by atoms with Gasteiger partial charge in [0.15, 0.2) is 0 Å². The first-order chi connectivity index (χ1) is 15.1. The van der Waals surface area contributed by atoms with E-state index in [4.69, 9.17) is 4.74 Å². The molecule has 0 spiro atoms. The Morgan fingerprint density at radius 3 is 2.78 bits per heavy atom. The fourth-order valence-electron chi connectivity index (χ4n) is 4.04. The minimum absolute atomic E-state index is 0.191. The Morgan fingerprint density at radius 2 is 2.09 bits per heavy atom. The fraction of sp³-hybridized carbons (Fsp3) is 0.476. The van der Waals surface area contributed by atoms with Gasteiger partial charge in [0.25, 0.3) is 5.91 Å². The van der Waals surface area contributed by atoms with Crippen LogP contribution in [0.4, 0.5) is 16.2 Å². The summed E-state index contributed by atoms with van der Waals surface area (Å²) >= 11 is 0. The Bertz CT molecular complexity index is 1030. The summed E-state index contributed by atoms with van der Waals surface area (Å²) in [5.41, 5.74) is 2.33. The van der Waals surface area contributed by atoms with Crippen molar-refractivity contribution < 1.29 is 19.1 Å². The first-order valence-corrected chi connectivity index (χ1v) is 10.4. The summed E-state index contributed by atoms with van der Waals surface area (Å²) in [5, 5.41) is 15.7. The maximum absolute atomic E-state index is 13.6. The van der Waals surface area contributed by atoms with Crippen molar-refractivity contribution in [1.29, 1.82) is 0 Å². The molecule has 3 amide bonds. The van der Waals surface area contributed by atoms with Gasteiger partial charge in [-0.25, -0.2) is 4.79 Å². The van der Waals surface area contributed by atoms with E-state index in [1.807, 2.05) is 30.1 Å². The summed E-state index contributed by atoms with van der Waals surface area (Å²) < 4.78 is 5.34. The van der Waals surface area contributed by atoms with Crippen LogP contribution in [-0.4, -0.2) is 64.6 Å². The van der Waals surface area contributed by atoms with Crippen molar-refractivity contribution in [3.05, 3.63) is 35.7 Å². The second-order valence-electron chi connectivity index (χ2n) is 8.97. The molecule has 0 saturated heterocycles. The average Bonchev–Trinajstić information content (AvgIpc) is 3.34. The number of nitrogens with zero attached hydrogens (tertiary/aromatic N) is 4. The second-order valence-corrected chi connectivity index (χ2v) is 8.97. The third kappa shape index (κ3) is 4.23. The molecule has 2 aromatic rings. The van der Waals surface area contributed by atoms with Crippen molar-refractivity contribution in [2.75, 3.05) is 23.4 Å². The minimum Gasteiger partial charge on any atom is -0.444 e. The van der Waals surface area contributed by atoms with Gasteiger partial charge in [0.2, 0.25) is 5.91 Å². The van der Waals surface area contributed by atoms with Crippen molar-refractivity contribution in [1.82, 2.24) is 26.0 Å². The Balaban J connectivity index is 1.60. The van der Waals surface area contributed by atoms with Crippen LogP contribution in [0, 0.1) is 0 Å². The molecule has 2 aliphatic rings. The maximum Gasteiger partial charge on any atom is 0.408 e. The SMILES string of the molecule is CN1C[C@H](NC(=O)OC(C)(C)C)C(=O)N2c3c(cccc31)C[C@@H]2C(=O)NCc1cn[nH]n1. The van der Waals surface area contributed by atoms with Crippen LogP contribution in [0.3, 0.4) is 0 Å². The molecule has 4 rings (SSSR count). The summed E-state index contributed by atoms with van der Waals surface area (Å²) in [6, 6.07) is 4.12. The van der Waals surface area contributed by atoms with Crippen LogP contribution in [0.2, 0.25) is 0 Å². The van der Waals surface area contributed by atoms with Gasteiger partial charge in [-0.15, -0.1) is 0 Å². The van der Waals surface area contributed by atoms with Crippen LogP contribution in [-0.2, 0) is 27.3 Å². The predicted molar refractivity (Wildman–Crippen MR) is 116 cm³/mol. The van der Waals surface area contributed by atoms with Crippen molar-refractivity contribution >= 4 is 29.3 Å². The van der Waals surface area contributed by atoms with E-state index >= 15 is 0 Å². The van der Waals surface area contributed by atoms with Crippen LogP contribution in [0.5, 0.6) is 0 Å². The topological polar surface area (TPSA) is 133 Å². The number of H-pyrrole nitrogens is 1. The number of hydrogen-bond acceptors (Lipinski definition) is 7. The number of carbonyl (C=O) groups is 3. The summed E-state index contributed by atoms with van der Waals surface area (Å²) in [6.07, 6.45) is 1.22. The molecule has 0 bridgehead atoms. The molecule has 0 saturated carbocycles. The van der Waals surface area contributed by atoms with Gasteiger partial charge in [-0.2, -0.15) is 15.4 Å². The van der Waals surface area contributed by atoms with E-state index in [1.54, 1.807) is 20.8 Å². The summed E-state index contributed by atoms with van der Waals surface area (Å²) in [4.78, 5) is 42.5. The highest BCUT2D eigenvalue weighted by Crippen LogP contribution is 2.42. The molecule has 0 fully saturated rings. The first kappa shape index (κ1) is 21.6. The molecule has 11 nitrogen and oxygen atoms in total. The van der Waals surface area contributed by atoms with Gasteiger partial charge in [-0.1, -0.05) is 12.1 Å². The van der Waals surface area contributed by atoms with E-state index in [9.17, 15) is 14.4 Å². The number of hydrogen-bond donors (Lipinski definition) is 3. The number of aromatic nitrogens is 3. The van der Waals surface area contributed by atoms with Crippen molar-refractivity contribution in [3.8, 4) is 0 Å². The van der Waals surface area contributed by atoms with Crippen LogP contribution < -0.4 is 20.4 Å². The monoisotopic (exact) mass is 441 g/mol. The van der Waals surface area contributed by atoms with E-state index < -0.39 is 23.8 Å². The number of alkyl carbamates (subject to hydrolysis) is 1. The molecule has 170 valence electrons. The zero-order valence-corrected chi connectivity index (χ0v) is 18.5. The second kappa shape index (κ2) is 8.13. The molecular formula is C21H27N7O4. The van der Waals surface area contributed by atoms with Crippen LogP contribution >= 0.6 is 0 Å². The van der Waals surface area contributed by atoms with Gasteiger partial charge in [-0.05, 0) is 32.4 Å². The third-order valence-electron chi connectivity index (χ3n) is 5.37. The molecule has 0 radical (unpaired) electrons. The number of rotatable bonds is 4. The predicted octanol–water partition coefficient (Wildman–Crippen LogP) is 0.722. The zero-order valence-electron chi connectivity index (χ0n) is 18.5. The van der Waals surface area contributed by atoms with E-state index in [-0.39, 0.29) is 24.9 Å². The Morgan fingerprint density at radius 1 is 1.31 bits per heavy atom. The van der Waals surface area contributed by atoms with Gasteiger partial charge in [-0.3, -0.25) is 14.5 Å². The number of carbonyl (C=O) groups excluding carboxylic acids is 3. The third-order valence-corrected chi connectivity index (χ3v) is 5.37. The van der Waals surface area contributed by atoms with Gasteiger partial charge < -0.3 is 20.3 Å². The summed E-state index contributed by atoms with van der Waals surface area (Å²) in [6.45, 7) is 5.71. The highest BCUT2D eigenvalue weighted by atomic mass is 16.6. The molecule has 2 atom stereocenters. The lowest BCUT2D eigenvalue weighted by molar-refractivity contribution is -0.127. The van der Waals surface area contributed by atoms with Crippen molar-refractivity contribution in [3.63, 3.8) is 0 Å². The van der Waals surface area contributed by atoms with Crippen LogP contribution in [0.1, 0.15) is 32.0 Å². The number of para-hydroxylation sites is 1. The number of nitrogens with one attached hydrogen (secondary N) is 3. The highest BCUT2D eigenvalue weighted by molar-refractivity contribution is 6.10. The van der Waals surface area contributed by atoms with Crippen molar-refractivity contribution in [2.24, 2.45) is 0 Å². The molecule has 1 aromatic heterocycles. The number of benzene rings is 1. The molecule has 0 unspecified atom stereocenters. The van der Waals surface area contributed by atoms with Crippen molar-refractivity contribution in [2.45, 2.75) is 51.4 Å². The van der Waals surface area contributed by atoms with Gasteiger partial charge in [0.05, 0.1) is 24.1 Å². The number of likely N-dealkylation sites (N-methyl/N-ethyl adjacent to an activating group) is 1. The lowest BCUT2D eigenvalue weighted by atomic mass is 10.1. The van der Waals surface area contributed by atoms with Gasteiger partial charge >= 0.3 is 6.09 Å². The van der Waals surface area contributed by atoms with Crippen LogP contribution in [0.25, 0.3) is 0 Å². The maximum atomic E-state index is 13.6. The molecule has 11 heteroatoms. The largest absolute Gasteiger partial charge is 0.444 e. The molecule has 32 heavy (non-hydrogen) atoms. The molecule has 0 aliphatic carbocycles.